The number of likely N-dealkylation sites (tertiary alicyclic amines) is 1. The highest BCUT2D eigenvalue weighted by Crippen LogP contribution is 2.46. The number of nitrogen functional groups attached to an aromatic ring is 1. The maximum atomic E-state index is 11.6. The van der Waals surface area contributed by atoms with Crippen molar-refractivity contribution in [2.45, 2.75) is 26.2 Å². The molecule has 7 nitrogen and oxygen atoms in total. The van der Waals surface area contributed by atoms with Crippen LogP contribution in [0.5, 0.6) is 11.5 Å². The van der Waals surface area contributed by atoms with Crippen LogP contribution in [-0.2, 0) is 4.79 Å². The first kappa shape index (κ1) is 21.4. The van der Waals surface area contributed by atoms with E-state index in [1.807, 2.05) is 70.0 Å². The van der Waals surface area contributed by atoms with Crippen molar-refractivity contribution in [2.75, 3.05) is 18.8 Å². The number of carbonyl (C=O) groups excluding carboxylic acids is 1. The number of nitrogens with two attached hydrogens (primary N) is 1. The molecular weight excluding hydrogens is 438 g/mol. The fourth-order valence-electron chi connectivity index (χ4n) is 5.22. The van der Waals surface area contributed by atoms with E-state index in [9.17, 15) is 4.79 Å². The summed E-state index contributed by atoms with van der Waals surface area (Å²) in [5, 5.41) is 0. The Hall–Kier alpha value is -4.13. The summed E-state index contributed by atoms with van der Waals surface area (Å²) in [4.78, 5) is 22.9. The highest BCUT2D eigenvalue weighted by Gasteiger charge is 2.44. The summed E-state index contributed by atoms with van der Waals surface area (Å²) >= 11 is 0. The Morgan fingerprint density at radius 2 is 1.77 bits per heavy atom. The van der Waals surface area contributed by atoms with E-state index in [0.29, 0.717) is 5.95 Å². The number of anilines is 1. The summed E-state index contributed by atoms with van der Waals surface area (Å²) in [5.41, 5.74) is 10.6. The van der Waals surface area contributed by atoms with Gasteiger partial charge in [-0.3, -0.25) is 9.20 Å². The number of allylic oxidation sites excluding steroid dienone is 2. The molecule has 6 rings (SSSR count). The van der Waals surface area contributed by atoms with E-state index in [1.165, 1.54) is 5.57 Å². The molecule has 0 saturated carbocycles. The van der Waals surface area contributed by atoms with Gasteiger partial charge in [0.05, 0.1) is 11.2 Å². The Morgan fingerprint density at radius 3 is 2.46 bits per heavy atom. The molecule has 2 aliphatic rings. The Kier molecular flexibility index (Phi) is 5.06. The van der Waals surface area contributed by atoms with Crippen molar-refractivity contribution in [3.63, 3.8) is 0 Å². The van der Waals surface area contributed by atoms with Crippen molar-refractivity contribution in [1.29, 1.82) is 0 Å². The van der Waals surface area contributed by atoms with Crippen molar-refractivity contribution in [2.24, 2.45) is 5.41 Å². The van der Waals surface area contributed by atoms with E-state index in [-0.39, 0.29) is 11.3 Å². The molecule has 1 fully saturated rings. The smallest absolute Gasteiger partial charge is 0.219 e. The second kappa shape index (κ2) is 8.27. The zero-order valence-corrected chi connectivity index (χ0v) is 19.6. The molecule has 1 aliphatic carbocycles. The van der Waals surface area contributed by atoms with Crippen LogP contribution < -0.4 is 10.5 Å². The molecule has 0 atom stereocenters. The van der Waals surface area contributed by atoms with Gasteiger partial charge >= 0.3 is 0 Å². The van der Waals surface area contributed by atoms with Crippen LogP contribution in [0.3, 0.4) is 0 Å². The van der Waals surface area contributed by atoms with Crippen LogP contribution in [0.2, 0.25) is 0 Å². The van der Waals surface area contributed by atoms with Crippen molar-refractivity contribution >= 4 is 22.9 Å². The molecule has 7 heteroatoms. The van der Waals surface area contributed by atoms with Gasteiger partial charge in [-0.05, 0) is 67.3 Å². The SMILES string of the molecule is CC(=O)N1CC2(CC=C(c3nc(-c4ccc(Oc5ccccc5)cc4)n4c(N)nccc34)CC2)C1. The summed E-state index contributed by atoms with van der Waals surface area (Å²) < 4.78 is 7.87. The molecule has 0 bridgehead atoms. The topological polar surface area (TPSA) is 85.8 Å². The number of fused-ring (bicyclic) bond motifs is 1. The van der Waals surface area contributed by atoms with E-state index in [2.05, 4.69) is 11.1 Å². The first-order valence-electron chi connectivity index (χ1n) is 11.9. The normalized spacial score (nSPS) is 16.7. The molecule has 1 spiro atoms. The fraction of sp³-hybridized carbons (Fsp3) is 0.250. The van der Waals surface area contributed by atoms with Crippen molar-refractivity contribution < 1.29 is 9.53 Å². The Bertz CT molecular complexity index is 1430. The van der Waals surface area contributed by atoms with Gasteiger partial charge in [-0.15, -0.1) is 0 Å². The van der Waals surface area contributed by atoms with Crippen LogP contribution in [0.25, 0.3) is 22.5 Å². The summed E-state index contributed by atoms with van der Waals surface area (Å²) in [5.74, 6) is 2.89. The lowest BCUT2D eigenvalue weighted by atomic mass is 9.69. The molecule has 1 aliphatic heterocycles. The summed E-state index contributed by atoms with van der Waals surface area (Å²) in [6, 6.07) is 19.6. The van der Waals surface area contributed by atoms with Gasteiger partial charge in [-0.1, -0.05) is 24.3 Å². The van der Waals surface area contributed by atoms with Gasteiger partial charge in [0, 0.05) is 37.2 Å². The second-order valence-electron chi connectivity index (χ2n) is 9.56. The number of para-hydroxylation sites is 1. The van der Waals surface area contributed by atoms with Crippen LogP contribution in [0.4, 0.5) is 5.95 Å². The summed E-state index contributed by atoms with van der Waals surface area (Å²) in [6.07, 6.45) is 7.00. The second-order valence-corrected chi connectivity index (χ2v) is 9.56. The number of nitrogens with zero attached hydrogens (tertiary/aromatic N) is 4. The molecule has 2 N–H and O–H groups in total. The lowest BCUT2D eigenvalue weighted by Crippen LogP contribution is -2.58. The number of benzene rings is 2. The Balaban J connectivity index is 1.31. The van der Waals surface area contributed by atoms with E-state index >= 15 is 0 Å². The monoisotopic (exact) mass is 465 g/mol. The predicted octanol–water partition coefficient (Wildman–Crippen LogP) is 5.19. The molecule has 2 aromatic heterocycles. The third-order valence-corrected chi connectivity index (χ3v) is 7.18. The van der Waals surface area contributed by atoms with Crippen LogP contribution in [-0.4, -0.2) is 38.3 Å². The van der Waals surface area contributed by atoms with E-state index in [0.717, 1.165) is 66.4 Å². The standard InChI is InChI=1S/C28H27N5O2/c1-19(34)32-17-28(18-32)14-11-20(12-15-28)25-24-13-16-30-27(29)33(24)26(31-25)21-7-9-23(10-8-21)35-22-5-3-2-4-6-22/h2-11,13,16H,12,14-15,17-18H2,1H3,(H2,29,30). The van der Waals surface area contributed by atoms with Gasteiger partial charge in [0.2, 0.25) is 11.9 Å². The molecule has 35 heavy (non-hydrogen) atoms. The Labute approximate surface area is 203 Å². The minimum absolute atomic E-state index is 0.165. The number of rotatable bonds is 4. The van der Waals surface area contributed by atoms with Gasteiger partial charge in [-0.25, -0.2) is 9.97 Å². The lowest BCUT2D eigenvalue weighted by molar-refractivity contribution is -0.141. The quantitative estimate of drug-likeness (QED) is 0.448. The van der Waals surface area contributed by atoms with Gasteiger partial charge < -0.3 is 15.4 Å². The van der Waals surface area contributed by atoms with Gasteiger partial charge in [-0.2, -0.15) is 0 Å². The molecule has 2 aromatic carbocycles. The number of aromatic nitrogens is 3. The molecule has 3 heterocycles. The van der Waals surface area contributed by atoms with Crippen molar-refractivity contribution in [3.05, 3.63) is 78.6 Å². The van der Waals surface area contributed by atoms with Gasteiger partial charge in [0.1, 0.15) is 17.3 Å². The molecule has 0 radical (unpaired) electrons. The zero-order valence-electron chi connectivity index (χ0n) is 19.6. The van der Waals surface area contributed by atoms with Gasteiger partial charge in [0.25, 0.3) is 0 Å². The molecule has 1 saturated heterocycles. The minimum atomic E-state index is 0.165. The fourth-order valence-corrected chi connectivity index (χ4v) is 5.22. The summed E-state index contributed by atoms with van der Waals surface area (Å²) in [6.45, 7) is 3.36. The van der Waals surface area contributed by atoms with E-state index < -0.39 is 0 Å². The predicted molar refractivity (Wildman–Crippen MR) is 136 cm³/mol. The molecule has 4 aromatic rings. The minimum Gasteiger partial charge on any atom is -0.457 e. The number of amides is 1. The van der Waals surface area contributed by atoms with Crippen LogP contribution in [0.1, 0.15) is 31.9 Å². The average molecular weight is 466 g/mol. The average Bonchev–Trinajstić information content (AvgIpc) is 3.25. The number of ether oxygens (including phenoxy) is 1. The van der Waals surface area contributed by atoms with Crippen molar-refractivity contribution in [3.8, 4) is 22.9 Å². The largest absolute Gasteiger partial charge is 0.457 e. The molecular formula is C28H27N5O2. The number of imidazole rings is 1. The van der Waals surface area contributed by atoms with E-state index in [1.54, 1.807) is 13.1 Å². The Morgan fingerprint density at radius 1 is 1.03 bits per heavy atom. The molecule has 1 amide bonds. The van der Waals surface area contributed by atoms with Crippen molar-refractivity contribution in [1.82, 2.24) is 19.3 Å². The third kappa shape index (κ3) is 3.83. The van der Waals surface area contributed by atoms with Crippen LogP contribution >= 0.6 is 0 Å². The van der Waals surface area contributed by atoms with Crippen LogP contribution in [0.15, 0.2) is 72.9 Å². The van der Waals surface area contributed by atoms with Crippen LogP contribution in [0, 0.1) is 5.41 Å². The maximum Gasteiger partial charge on any atom is 0.219 e. The highest BCUT2D eigenvalue weighted by atomic mass is 16.5. The lowest BCUT2D eigenvalue weighted by Gasteiger charge is -2.51. The first-order valence-corrected chi connectivity index (χ1v) is 11.9. The number of hydrogen-bond donors (Lipinski definition) is 1. The first-order chi connectivity index (χ1) is 17.0. The number of hydrogen-bond acceptors (Lipinski definition) is 5. The number of carbonyl (C=O) groups is 1. The summed E-state index contributed by atoms with van der Waals surface area (Å²) in [7, 11) is 0. The van der Waals surface area contributed by atoms with Gasteiger partial charge in [0.15, 0.2) is 0 Å². The van der Waals surface area contributed by atoms with E-state index in [4.69, 9.17) is 15.5 Å². The highest BCUT2D eigenvalue weighted by molar-refractivity contribution is 5.81. The molecule has 176 valence electrons. The maximum absolute atomic E-state index is 11.6. The molecule has 0 unspecified atom stereocenters. The third-order valence-electron chi connectivity index (χ3n) is 7.18. The zero-order chi connectivity index (χ0) is 24.0.